The molecule has 0 radical (unpaired) electrons. The molecule has 0 saturated heterocycles. The maximum atomic E-state index is 12.9. The Morgan fingerprint density at radius 2 is 0.875 bits per heavy atom. The Morgan fingerprint density at radius 3 is 1.21 bits per heavy atom. The van der Waals surface area contributed by atoms with E-state index in [-0.39, 0.29) is 19.1 Å². The number of nitrogens with one attached hydrogen (secondary N) is 1. The molecule has 0 fully saturated rings. The lowest BCUT2D eigenvalue weighted by molar-refractivity contribution is -0.870. The average molecular weight is 817 g/mol. The van der Waals surface area contributed by atoms with Gasteiger partial charge in [0.05, 0.1) is 39.9 Å². The van der Waals surface area contributed by atoms with E-state index < -0.39 is 20.0 Å². The first-order chi connectivity index (χ1) is 27.0. The molecule has 0 heterocycles. The highest BCUT2D eigenvalue weighted by atomic mass is 31.2. The van der Waals surface area contributed by atoms with Gasteiger partial charge in [0.15, 0.2) is 0 Å². The van der Waals surface area contributed by atoms with Crippen molar-refractivity contribution in [1.29, 1.82) is 0 Å². The summed E-state index contributed by atoms with van der Waals surface area (Å²) in [5.41, 5.74) is 0. The summed E-state index contributed by atoms with van der Waals surface area (Å²) in [6.45, 7) is 4.73. The van der Waals surface area contributed by atoms with Crippen molar-refractivity contribution in [2.24, 2.45) is 0 Å². The van der Waals surface area contributed by atoms with Gasteiger partial charge in [-0.1, -0.05) is 226 Å². The molecule has 0 saturated carbocycles. The molecule has 336 valence electrons. The molecule has 3 unspecified atom stereocenters. The summed E-state index contributed by atoms with van der Waals surface area (Å²) in [4.78, 5) is 25.3. The number of hydrogen-bond acceptors (Lipinski definition) is 6. The molecule has 0 aromatic carbocycles. The molecule has 8 nitrogen and oxygen atoms in total. The predicted octanol–water partition coefficient (Wildman–Crippen LogP) is 13.1. The van der Waals surface area contributed by atoms with Gasteiger partial charge in [0.1, 0.15) is 13.2 Å². The van der Waals surface area contributed by atoms with Gasteiger partial charge in [0.2, 0.25) is 5.91 Å². The van der Waals surface area contributed by atoms with Crippen LogP contribution in [-0.2, 0) is 18.4 Å². The Bertz CT molecular complexity index is 885. The second-order valence-electron chi connectivity index (χ2n) is 18.2. The van der Waals surface area contributed by atoms with Gasteiger partial charge >= 0.3 is 0 Å². The van der Waals surface area contributed by atoms with E-state index in [0.717, 1.165) is 38.5 Å². The molecule has 1 amide bonds. The van der Waals surface area contributed by atoms with Crippen LogP contribution in [0.1, 0.15) is 245 Å². The summed E-state index contributed by atoms with van der Waals surface area (Å²) in [7, 11) is 1.32. The average Bonchev–Trinajstić information content (AvgIpc) is 3.15. The Morgan fingerprint density at radius 1 is 0.554 bits per heavy atom. The zero-order valence-electron chi connectivity index (χ0n) is 38.1. The third kappa shape index (κ3) is 41.7. The first kappa shape index (κ1) is 55.5. The van der Waals surface area contributed by atoms with Crippen molar-refractivity contribution < 1.29 is 32.9 Å². The van der Waals surface area contributed by atoms with E-state index in [1.807, 2.05) is 21.1 Å². The van der Waals surface area contributed by atoms with Crippen LogP contribution in [0.15, 0.2) is 0 Å². The van der Waals surface area contributed by atoms with Crippen molar-refractivity contribution in [2.45, 2.75) is 257 Å². The molecule has 0 bridgehead atoms. The first-order valence-electron chi connectivity index (χ1n) is 24.4. The number of carbonyl (C=O) groups excluding carboxylic acids is 1. The van der Waals surface area contributed by atoms with E-state index in [1.54, 1.807) is 0 Å². The fourth-order valence-electron chi connectivity index (χ4n) is 7.45. The number of amides is 1. The molecule has 3 atom stereocenters. The lowest BCUT2D eigenvalue weighted by Gasteiger charge is -2.30. The van der Waals surface area contributed by atoms with E-state index in [9.17, 15) is 19.4 Å². The van der Waals surface area contributed by atoms with Crippen LogP contribution in [0.3, 0.4) is 0 Å². The summed E-state index contributed by atoms with van der Waals surface area (Å²) < 4.78 is 23.2. The standard InChI is InChI=1S/C47H97N2O6P/c1-6-8-10-12-14-16-18-19-20-21-22-23-24-25-26-27-28-29-30-31-33-35-37-39-41-47(51)48-45(44-55-56(52,53)54-43-42-49(3,4)5)46(50)40-38-36-34-32-17-15-13-11-9-7-2/h45-46,50H,6-44H2,1-5H3,(H-,48,51,52,53). The van der Waals surface area contributed by atoms with E-state index >= 15 is 0 Å². The number of rotatable bonds is 45. The number of aliphatic hydroxyl groups is 1. The zero-order valence-corrected chi connectivity index (χ0v) is 39.0. The third-order valence-electron chi connectivity index (χ3n) is 11.3. The monoisotopic (exact) mass is 817 g/mol. The second-order valence-corrected chi connectivity index (χ2v) is 19.6. The summed E-state index contributed by atoms with van der Waals surface area (Å²) in [5.74, 6) is -0.161. The molecule has 9 heteroatoms. The molecule has 2 N–H and O–H groups in total. The molecular weight excluding hydrogens is 719 g/mol. The van der Waals surface area contributed by atoms with Gasteiger partial charge in [-0.2, -0.15) is 0 Å². The molecule has 0 rings (SSSR count). The van der Waals surface area contributed by atoms with Crippen molar-refractivity contribution >= 4 is 13.7 Å². The number of aliphatic hydroxyl groups excluding tert-OH is 1. The van der Waals surface area contributed by atoms with Gasteiger partial charge in [-0.25, -0.2) is 0 Å². The highest BCUT2D eigenvalue weighted by Gasteiger charge is 2.24. The van der Waals surface area contributed by atoms with Crippen molar-refractivity contribution in [1.82, 2.24) is 5.32 Å². The lowest BCUT2D eigenvalue weighted by atomic mass is 10.0. The van der Waals surface area contributed by atoms with Gasteiger partial charge < -0.3 is 28.8 Å². The highest BCUT2D eigenvalue weighted by Crippen LogP contribution is 2.38. The summed E-state index contributed by atoms with van der Waals surface area (Å²) in [5, 5.41) is 13.9. The summed E-state index contributed by atoms with van der Waals surface area (Å²) >= 11 is 0. The van der Waals surface area contributed by atoms with Crippen LogP contribution in [0.2, 0.25) is 0 Å². The van der Waals surface area contributed by atoms with Gasteiger partial charge in [0.25, 0.3) is 7.82 Å². The molecular formula is C47H97N2O6P. The number of nitrogens with zero attached hydrogens (tertiary/aromatic N) is 1. The van der Waals surface area contributed by atoms with Gasteiger partial charge in [-0.15, -0.1) is 0 Å². The zero-order chi connectivity index (χ0) is 41.4. The van der Waals surface area contributed by atoms with Crippen LogP contribution in [0.4, 0.5) is 0 Å². The SMILES string of the molecule is CCCCCCCCCCCCCCCCCCCCCCCCCCC(=O)NC(COP(=O)([O-])OCC[N+](C)(C)C)C(O)CCCCCCCCCCCC. The molecule has 0 aliphatic heterocycles. The third-order valence-corrected chi connectivity index (χ3v) is 12.3. The normalized spacial score (nSPS) is 14.2. The number of unbranched alkanes of at least 4 members (excludes halogenated alkanes) is 32. The molecule has 0 aliphatic carbocycles. The Balaban J connectivity index is 4.08. The van der Waals surface area contributed by atoms with E-state index in [4.69, 9.17) is 9.05 Å². The van der Waals surface area contributed by atoms with E-state index in [2.05, 4.69) is 19.2 Å². The topological polar surface area (TPSA) is 108 Å². The van der Waals surface area contributed by atoms with Gasteiger partial charge in [0, 0.05) is 6.42 Å². The first-order valence-corrected chi connectivity index (χ1v) is 25.8. The summed E-state index contributed by atoms with van der Waals surface area (Å²) in [6, 6.07) is -0.792. The Kier molecular flexibility index (Phi) is 39.6. The second kappa shape index (κ2) is 39.9. The molecule has 0 aromatic heterocycles. The molecule has 56 heavy (non-hydrogen) atoms. The van der Waals surface area contributed by atoms with Gasteiger partial charge in [-0.3, -0.25) is 9.36 Å². The predicted molar refractivity (Wildman–Crippen MR) is 238 cm³/mol. The number of hydrogen-bond donors (Lipinski definition) is 2. The quantitative estimate of drug-likeness (QED) is 0.0360. The summed E-state index contributed by atoms with van der Waals surface area (Å²) in [6.07, 6.45) is 44.1. The fourth-order valence-corrected chi connectivity index (χ4v) is 8.18. The Hall–Kier alpha value is -0.500. The molecule has 0 spiro atoms. The van der Waals surface area contributed by atoms with Crippen LogP contribution in [0.5, 0.6) is 0 Å². The van der Waals surface area contributed by atoms with Crippen LogP contribution < -0.4 is 10.2 Å². The maximum absolute atomic E-state index is 12.9. The number of likely N-dealkylation sites (N-methyl/N-ethyl adjacent to an activating group) is 1. The number of phosphoric acid groups is 1. The van der Waals surface area contributed by atoms with Crippen LogP contribution in [-0.4, -0.2) is 68.5 Å². The van der Waals surface area contributed by atoms with Crippen molar-refractivity contribution in [3.63, 3.8) is 0 Å². The largest absolute Gasteiger partial charge is 0.756 e. The van der Waals surface area contributed by atoms with E-state index in [1.165, 1.54) is 180 Å². The minimum atomic E-state index is -4.55. The van der Waals surface area contributed by atoms with Crippen LogP contribution in [0.25, 0.3) is 0 Å². The highest BCUT2D eigenvalue weighted by molar-refractivity contribution is 7.45. The lowest BCUT2D eigenvalue weighted by Crippen LogP contribution is -2.46. The molecule has 0 aliphatic rings. The van der Waals surface area contributed by atoms with Crippen molar-refractivity contribution in [3.8, 4) is 0 Å². The smallest absolute Gasteiger partial charge is 0.268 e. The number of carbonyl (C=O) groups is 1. The fraction of sp³-hybridized carbons (Fsp3) is 0.979. The molecule has 0 aromatic rings. The Labute approximate surface area is 349 Å². The van der Waals surface area contributed by atoms with Gasteiger partial charge in [-0.05, 0) is 12.8 Å². The number of phosphoric ester groups is 1. The minimum absolute atomic E-state index is 0.0159. The number of quaternary nitrogens is 1. The van der Waals surface area contributed by atoms with E-state index in [0.29, 0.717) is 23.9 Å². The van der Waals surface area contributed by atoms with Crippen LogP contribution in [0, 0.1) is 0 Å². The minimum Gasteiger partial charge on any atom is -0.756 e. The maximum Gasteiger partial charge on any atom is 0.268 e. The van der Waals surface area contributed by atoms with Crippen LogP contribution >= 0.6 is 7.82 Å². The van der Waals surface area contributed by atoms with Crippen molar-refractivity contribution in [2.75, 3.05) is 40.9 Å². The van der Waals surface area contributed by atoms with Crippen molar-refractivity contribution in [3.05, 3.63) is 0 Å².